The van der Waals surface area contributed by atoms with Crippen molar-refractivity contribution < 1.29 is 0 Å². The summed E-state index contributed by atoms with van der Waals surface area (Å²) in [6.07, 6.45) is 5.18. The molecule has 0 amide bonds. The minimum Gasteiger partial charge on any atom is -0.0760 e. The van der Waals surface area contributed by atoms with E-state index < -0.39 is 8.80 Å². The lowest BCUT2D eigenvalue weighted by atomic mass is 9.92. The second kappa shape index (κ2) is 5.22. The Morgan fingerprint density at radius 1 is 1.24 bits per heavy atom. The number of hydrogen-bond donors (Lipinski definition) is 0. The molecule has 2 unspecified atom stereocenters. The molecule has 1 aliphatic rings. The van der Waals surface area contributed by atoms with Gasteiger partial charge in [0.25, 0.3) is 0 Å². The minimum absolute atomic E-state index is 0.636. The topological polar surface area (TPSA) is 0 Å². The fourth-order valence-corrected chi connectivity index (χ4v) is 4.59. The molecule has 92 valence electrons. The second-order valence-electron chi connectivity index (χ2n) is 5.67. The van der Waals surface area contributed by atoms with Gasteiger partial charge >= 0.3 is 0 Å². The van der Waals surface area contributed by atoms with Gasteiger partial charge in [0, 0.05) is 8.80 Å². The minimum atomic E-state index is -0.636. The van der Waals surface area contributed by atoms with E-state index in [2.05, 4.69) is 57.3 Å². The van der Waals surface area contributed by atoms with Gasteiger partial charge in [-0.05, 0) is 34.6 Å². The summed E-state index contributed by atoms with van der Waals surface area (Å²) in [6, 6.07) is 9.05. The van der Waals surface area contributed by atoms with Crippen molar-refractivity contribution in [2.45, 2.75) is 45.3 Å². The van der Waals surface area contributed by atoms with Crippen LogP contribution in [0.1, 0.15) is 43.4 Å². The van der Waals surface area contributed by atoms with Crippen molar-refractivity contribution in [1.29, 1.82) is 0 Å². The maximum atomic E-state index is 2.59. The van der Waals surface area contributed by atoms with E-state index in [-0.39, 0.29) is 0 Å². The molecule has 1 aromatic carbocycles. The molecule has 0 radical (unpaired) electrons. The van der Waals surface area contributed by atoms with Gasteiger partial charge < -0.3 is 0 Å². The Morgan fingerprint density at radius 3 is 2.59 bits per heavy atom. The summed E-state index contributed by atoms with van der Waals surface area (Å²) in [5, 5.41) is 0. The summed E-state index contributed by atoms with van der Waals surface area (Å²) in [5.41, 5.74) is 5.53. The molecular formula is C16H24Si. The average molecular weight is 244 g/mol. The predicted octanol–water partition coefficient (Wildman–Crippen LogP) is 4.63. The average Bonchev–Trinajstić information content (AvgIpc) is 2.69. The lowest BCUT2D eigenvalue weighted by molar-refractivity contribution is 0.650. The molecule has 2 atom stereocenters. The molecule has 0 N–H and O–H groups in total. The van der Waals surface area contributed by atoms with Crippen molar-refractivity contribution in [3.05, 3.63) is 41.5 Å². The summed E-state index contributed by atoms with van der Waals surface area (Å²) in [7, 11) is -0.636. The summed E-state index contributed by atoms with van der Waals surface area (Å²) in [4.78, 5) is 0. The van der Waals surface area contributed by atoms with E-state index in [1.165, 1.54) is 12.8 Å². The van der Waals surface area contributed by atoms with E-state index in [0.29, 0.717) is 0 Å². The van der Waals surface area contributed by atoms with Gasteiger partial charge in [-0.1, -0.05) is 63.7 Å². The lowest BCUT2D eigenvalue weighted by Crippen LogP contribution is -2.11. The van der Waals surface area contributed by atoms with E-state index in [1.807, 2.05) is 0 Å². The van der Waals surface area contributed by atoms with Gasteiger partial charge in [-0.25, -0.2) is 0 Å². The highest BCUT2D eigenvalue weighted by Crippen LogP contribution is 2.41. The van der Waals surface area contributed by atoms with Crippen molar-refractivity contribution in [2.75, 3.05) is 0 Å². The summed E-state index contributed by atoms with van der Waals surface area (Å²) < 4.78 is 0. The largest absolute Gasteiger partial charge is 0.0760 e. The van der Waals surface area contributed by atoms with Crippen LogP contribution < -0.4 is 0 Å². The van der Waals surface area contributed by atoms with Crippen LogP contribution in [0, 0.1) is 5.92 Å². The fraction of sp³-hybridized carbons (Fsp3) is 0.500. The Morgan fingerprint density at radius 2 is 1.94 bits per heavy atom. The smallest absolute Gasteiger partial charge is 0.0436 e. The molecule has 0 heterocycles. The maximum Gasteiger partial charge on any atom is 0.0436 e. The molecule has 0 bridgehead atoms. The maximum absolute atomic E-state index is 2.59. The van der Waals surface area contributed by atoms with E-state index >= 15 is 0 Å². The molecule has 0 aromatic heterocycles. The molecule has 0 nitrogen and oxygen atoms in total. The van der Waals surface area contributed by atoms with Crippen molar-refractivity contribution in [2.24, 2.45) is 5.92 Å². The third kappa shape index (κ3) is 2.39. The molecule has 0 fully saturated rings. The van der Waals surface area contributed by atoms with Crippen LogP contribution in [-0.2, 0) is 0 Å². The third-order valence-electron chi connectivity index (χ3n) is 3.96. The molecular weight excluding hydrogens is 220 g/mol. The first-order chi connectivity index (χ1) is 8.15. The predicted molar refractivity (Wildman–Crippen MR) is 80.1 cm³/mol. The van der Waals surface area contributed by atoms with E-state index in [4.69, 9.17) is 0 Å². The second-order valence-corrected chi connectivity index (χ2v) is 8.88. The molecule has 0 saturated carbocycles. The normalized spacial score (nSPS) is 20.3. The van der Waals surface area contributed by atoms with Gasteiger partial charge in [-0.2, -0.15) is 0 Å². The van der Waals surface area contributed by atoms with Crippen LogP contribution in [0.25, 0.3) is 5.57 Å². The zero-order valence-corrected chi connectivity index (χ0v) is 12.7. The first-order valence-corrected chi connectivity index (χ1v) is 9.93. The highest BCUT2D eigenvalue weighted by molar-refractivity contribution is 6.58. The molecule has 17 heavy (non-hydrogen) atoms. The highest BCUT2D eigenvalue weighted by atomic mass is 28.3. The van der Waals surface area contributed by atoms with Crippen LogP contribution >= 0.6 is 0 Å². The van der Waals surface area contributed by atoms with Crippen LogP contribution in [0.15, 0.2) is 30.3 Å². The monoisotopic (exact) mass is 244 g/mol. The van der Waals surface area contributed by atoms with Crippen LogP contribution in [0.4, 0.5) is 0 Å². The Labute approximate surface area is 107 Å². The number of allylic oxidation sites excluding steroid dienone is 2. The van der Waals surface area contributed by atoms with Crippen LogP contribution in [0.5, 0.6) is 0 Å². The Balaban J connectivity index is 2.37. The van der Waals surface area contributed by atoms with Crippen molar-refractivity contribution in [3.63, 3.8) is 0 Å². The van der Waals surface area contributed by atoms with Gasteiger partial charge in [0.15, 0.2) is 0 Å². The van der Waals surface area contributed by atoms with E-state index in [1.54, 1.807) is 16.7 Å². The van der Waals surface area contributed by atoms with Crippen molar-refractivity contribution in [3.8, 4) is 0 Å². The van der Waals surface area contributed by atoms with Crippen molar-refractivity contribution in [1.82, 2.24) is 0 Å². The standard InChI is InChI=1S/C16H24Si/c1-5-8-12(2)15-11-16(17(3)4)14-10-7-6-9-13(14)15/h6-7,9-12,16-17H,5,8H2,1-4H3. The third-order valence-corrected chi connectivity index (χ3v) is 5.95. The first-order valence-electron chi connectivity index (χ1n) is 6.96. The molecule has 0 aliphatic heterocycles. The van der Waals surface area contributed by atoms with Crippen LogP contribution in [0.2, 0.25) is 13.1 Å². The number of fused-ring (bicyclic) bond motifs is 1. The van der Waals surface area contributed by atoms with Gasteiger partial charge in [-0.3, -0.25) is 0 Å². The SMILES string of the molecule is CCCC(C)C1=CC([SiH](C)C)c2ccccc21. The fourth-order valence-electron chi connectivity index (χ4n) is 2.99. The Kier molecular flexibility index (Phi) is 3.88. The lowest BCUT2D eigenvalue weighted by Gasteiger charge is -2.14. The number of rotatable bonds is 4. The van der Waals surface area contributed by atoms with E-state index in [9.17, 15) is 0 Å². The summed E-state index contributed by atoms with van der Waals surface area (Å²) in [6.45, 7) is 9.60. The van der Waals surface area contributed by atoms with Gasteiger partial charge in [-0.15, -0.1) is 0 Å². The number of hydrogen-bond acceptors (Lipinski definition) is 0. The molecule has 1 aromatic rings. The van der Waals surface area contributed by atoms with Gasteiger partial charge in [0.2, 0.25) is 0 Å². The van der Waals surface area contributed by atoms with Gasteiger partial charge in [0.05, 0.1) is 0 Å². The van der Waals surface area contributed by atoms with E-state index in [0.717, 1.165) is 11.5 Å². The quantitative estimate of drug-likeness (QED) is 0.677. The summed E-state index contributed by atoms with van der Waals surface area (Å²) >= 11 is 0. The number of benzene rings is 1. The summed E-state index contributed by atoms with van der Waals surface area (Å²) in [5.74, 6) is 0.721. The Bertz CT molecular complexity index is 417. The van der Waals surface area contributed by atoms with Crippen LogP contribution in [-0.4, -0.2) is 8.80 Å². The molecule has 1 heteroatoms. The highest BCUT2D eigenvalue weighted by Gasteiger charge is 2.27. The molecule has 0 spiro atoms. The zero-order chi connectivity index (χ0) is 12.4. The molecule has 2 rings (SSSR count). The van der Waals surface area contributed by atoms with Crippen molar-refractivity contribution >= 4 is 14.4 Å². The zero-order valence-electron chi connectivity index (χ0n) is 11.5. The van der Waals surface area contributed by atoms with Crippen LogP contribution in [0.3, 0.4) is 0 Å². The molecule has 0 saturated heterocycles. The molecule has 1 aliphatic carbocycles. The van der Waals surface area contributed by atoms with Gasteiger partial charge in [0.1, 0.15) is 0 Å². The Hall–Kier alpha value is -0.823. The first kappa shape index (κ1) is 12.6.